The summed E-state index contributed by atoms with van der Waals surface area (Å²) in [7, 11) is 0. The van der Waals surface area contributed by atoms with Gasteiger partial charge < -0.3 is 9.64 Å². The summed E-state index contributed by atoms with van der Waals surface area (Å²) in [4.78, 5) is 19.5. The fraction of sp³-hybridized carbons (Fsp3) is 0.368. The van der Waals surface area contributed by atoms with Crippen LogP contribution in [0.4, 0.5) is 0 Å². The van der Waals surface area contributed by atoms with Gasteiger partial charge in [0.15, 0.2) is 5.69 Å². The molecule has 1 aromatic heterocycles. The molecule has 0 bridgehead atoms. The standard InChI is InChI=1S/C19H19N3O2/c23-18(21-10-4-3-7-19(12-21)8-9-19)17-15-11-24-16-6-2-1-5-14(16)22(15)13-20-17/h1-6,13H,7-12H2. The highest BCUT2D eigenvalue weighted by Gasteiger charge is 2.44. The van der Waals surface area contributed by atoms with Crippen molar-refractivity contribution in [3.8, 4) is 11.4 Å². The van der Waals surface area contributed by atoms with Crippen LogP contribution in [0.1, 0.15) is 35.4 Å². The van der Waals surface area contributed by atoms with E-state index in [1.165, 1.54) is 12.8 Å². The molecule has 5 rings (SSSR count). The third-order valence-corrected chi connectivity index (χ3v) is 5.37. The van der Waals surface area contributed by atoms with Crippen molar-refractivity contribution in [3.63, 3.8) is 0 Å². The zero-order chi connectivity index (χ0) is 16.1. The van der Waals surface area contributed by atoms with Gasteiger partial charge in [0.05, 0.1) is 11.4 Å². The van der Waals surface area contributed by atoms with Crippen LogP contribution in [0, 0.1) is 5.41 Å². The molecule has 2 aromatic rings. The molecule has 1 aromatic carbocycles. The molecule has 0 radical (unpaired) electrons. The van der Waals surface area contributed by atoms with E-state index in [1.807, 2.05) is 33.7 Å². The Kier molecular flexibility index (Phi) is 2.86. The van der Waals surface area contributed by atoms with Gasteiger partial charge >= 0.3 is 0 Å². The van der Waals surface area contributed by atoms with Crippen molar-refractivity contribution in [2.45, 2.75) is 25.9 Å². The van der Waals surface area contributed by atoms with Crippen LogP contribution in [0.15, 0.2) is 42.7 Å². The lowest BCUT2D eigenvalue weighted by molar-refractivity contribution is 0.0736. The molecular weight excluding hydrogens is 302 g/mol. The van der Waals surface area contributed by atoms with E-state index in [9.17, 15) is 4.79 Å². The fourth-order valence-corrected chi connectivity index (χ4v) is 3.73. The average molecular weight is 321 g/mol. The number of hydrogen-bond acceptors (Lipinski definition) is 3. The Hall–Kier alpha value is -2.56. The number of ether oxygens (including phenoxy) is 1. The summed E-state index contributed by atoms with van der Waals surface area (Å²) in [5.74, 6) is 0.848. The summed E-state index contributed by atoms with van der Waals surface area (Å²) in [6, 6.07) is 7.85. The Morgan fingerprint density at radius 3 is 2.96 bits per heavy atom. The highest BCUT2D eigenvalue weighted by Crippen LogP contribution is 2.50. The number of benzene rings is 1. The zero-order valence-corrected chi connectivity index (χ0v) is 13.4. The first-order chi connectivity index (χ1) is 11.8. The van der Waals surface area contributed by atoms with Crippen molar-refractivity contribution >= 4 is 5.91 Å². The number of rotatable bonds is 1. The van der Waals surface area contributed by atoms with E-state index in [1.54, 1.807) is 6.33 Å². The number of nitrogens with zero attached hydrogens (tertiary/aromatic N) is 3. The molecular formula is C19H19N3O2. The minimum atomic E-state index is 0.0181. The topological polar surface area (TPSA) is 47.4 Å². The second-order valence-electron chi connectivity index (χ2n) is 7.03. The predicted octanol–water partition coefficient (Wildman–Crippen LogP) is 2.95. The van der Waals surface area contributed by atoms with Crippen LogP contribution in [-0.4, -0.2) is 33.4 Å². The van der Waals surface area contributed by atoms with E-state index in [4.69, 9.17) is 4.74 Å². The molecule has 5 heteroatoms. The van der Waals surface area contributed by atoms with Crippen molar-refractivity contribution in [1.29, 1.82) is 0 Å². The van der Waals surface area contributed by atoms with Gasteiger partial charge in [-0.2, -0.15) is 0 Å². The second-order valence-corrected chi connectivity index (χ2v) is 7.03. The van der Waals surface area contributed by atoms with Crippen LogP contribution >= 0.6 is 0 Å². The lowest BCUT2D eigenvalue weighted by atomic mass is 10.0. The van der Waals surface area contributed by atoms with Gasteiger partial charge in [0.1, 0.15) is 18.7 Å². The Balaban J connectivity index is 1.49. The molecule has 1 saturated carbocycles. The maximum absolute atomic E-state index is 13.1. The number of hydrogen-bond donors (Lipinski definition) is 0. The summed E-state index contributed by atoms with van der Waals surface area (Å²) >= 11 is 0. The monoisotopic (exact) mass is 321 g/mol. The van der Waals surface area contributed by atoms with Crippen molar-refractivity contribution < 1.29 is 9.53 Å². The molecule has 0 N–H and O–H groups in total. The number of imidazole rings is 1. The van der Waals surface area contributed by atoms with Crippen LogP contribution in [0.3, 0.4) is 0 Å². The molecule has 1 spiro atoms. The third kappa shape index (κ3) is 2.08. The quantitative estimate of drug-likeness (QED) is 0.759. The number of carbonyl (C=O) groups excluding carboxylic acids is 1. The molecule has 2 aliphatic heterocycles. The average Bonchev–Trinajstić information content (AvgIpc) is 3.30. The van der Waals surface area contributed by atoms with E-state index >= 15 is 0 Å². The fourth-order valence-electron chi connectivity index (χ4n) is 3.73. The lowest BCUT2D eigenvalue weighted by Gasteiger charge is -2.25. The zero-order valence-electron chi connectivity index (χ0n) is 13.4. The molecule has 5 nitrogen and oxygen atoms in total. The van der Waals surface area contributed by atoms with Crippen molar-refractivity contribution in [2.24, 2.45) is 5.41 Å². The van der Waals surface area contributed by atoms with Crippen LogP contribution in [0.2, 0.25) is 0 Å². The molecule has 3 aliphatic rings. The van der Waals surface area contributed by atoms with Gasteiger partial charge in [0, 0.05) is 13.1 Å². The van der Waals surface area contributed by atoms with Gasteiger partial charge in [-0.15, -0.1) is 0 Å². The number of amides is 1. The number of para-hydroxylation sites is 2. The number of aromatic nitrogens is 2. The van der Waals surface area contributed by atoms with Gasteiger partial charge in [-0.3, -0.25) is 9.36 Å². The second kappa shape index (κ2) is 4.97. The maximum atomic E-state index is 13.1. The van der Waals surface area contributed by atoms with Crippen LogP contribution in [0.25, 0.3) is 5.69 Å². The minimum absolute atomic E-state index is 0.0181. The largest absolute Gasteiger partial charge is 0.485 e. The molecule has 3 heterocycles. The highest BCUT2D eigenvalue weighted by molar-refractivity contribution is 5.94. The first-order valence-electron chi connectivity index (χ1n) is 8.49. The summed E-state index contributed by atoms with van der Waals surface area (Å²) in [5.41, 5.74) is 2.64. The molecule has 1 aliphatic carbocycles. The molecule has 122 valence electrons. The van der Waals surface area contributed by atoms with Crippen molar-refractivity contribution in [1.82, 2.24) is 14.5 Å². The summed E-state index contributed by atoms with van der Waals surface area (Å²) in [6.45, 7) is 1.89. The Morgan fingerprint density at radius 1 is 1.21 bits per heavy atom. The molecule has 24 heavy (non-hydrogen) atoms. The normalized spacial score (nSPS) is 20.1. The minimum Gasteiger partial charge on any atom is -0.485 e. The smallest absolute Gasteiger partial charge is 0.274 e. The van der Waals surface area contributed by atoms with Crippen molar-refractivity contribution in [2.75, 3.05) is 13.1 Å². The number of carbonyl (C=O) groups is 1. The summed E-state index contributed by atoms with van der Waals surface area (Å²) in [5, 5.41) is 0. The van der Waals surface area contributed by atoms with E-state index < -0.39 is 0 Å². The number of fused-ring (bicyclic) bond motifs is 3. The molecule has 0 saturated heterocycles. The van der Waals surface area contributed by atoms with Gasteiger partial charge in [0.2, 0.25) is 0 Å². The van der Waals surface area contributed by atoms with Crippen LogP contribution in [0.5, 0.6) is 5.75 Å². The third-order valence-electron chi connectivity index (χ3n) is 5.37. The summed E-state index contributed by atoms with van der Waals surface area (Å²) < 4.78 is 7.80. The van der Waals surface area contributed by atoms with E-state index in [0.717, 1.165) is 30.1 Å². The maximum Gasteiger partial charge on any atom is 0.274 e. The first-order valence-corrected chi connectivity index (χ1v) is 8.49. The highest BCUT2D eigenvalue weighted by atomic mass is 16.5. The first kappa shape index (κ1) is 13.8. The Morgan fingerprint density at radius 2 is 2.08 bits per heavy atom. The molecule has 0 unspecified atom stereocenters. The lowest BCUT2D eigenvalue weighted by Crippen LogP contribution is -2.36. The van der Waals surface area contributed by atoms with Gasteiger partial charge in [-0.25, -0.2) is 4.98 Å². The van der Waals surface area contributed by atoms with E-state index in [0.29, 0.717) is 24.3 Å². The number of allylic oxidation sites excluding steroid dienone is 1. The van der Waals surface area contributed by atoms with E-state index in [2.05, 4.69) is 17.1 Å². The predicted molar refractivity (Wildman–Crippen MR) is 89.2 cm³/mol. The summed E-state index contributed by atoms with van der Waals surface area (Å²) in [6.07, 6.45) is 9.61. The molecule has 1 amide bonds. The van der Waals surface area contributed by atoms with Gasteiger partial charge in [0.25, 0.3) is 5.91 Å². The van der Waals surface area contributed by atoms with Gasteiger partial charge in [-0.1, -0.05) is 24.3 Å². The van der Waals surface area contributed by atoms with Crippen LogP contribution < -0.4 is 4.74 Å². The Bertz CT molecular complexity index is 848. The van der Waals surface area contributed by atoms with E-state index in [-0.39, 0.29) is 5.91 Å². The Labute approximate surface area is 140 Å². The van der Waals surface area contributed by atoms with Crippen LogP contribution in [-0.2, 0) is 6.61 Å². The van der Waals surface area contributed by atoms with Gasteiger partial charge in [-0.05, 0) is 36.8 Å². The molecule has 0 atom stereocenters. The SMILES string of the molecule is O=C(c1ncn2c1COc1ccccc1-2)N1CC=CCC2(CC2)C1. The molecule has 1 fully saturated rings. The van der Waals surface area contributed by atoms with Crippen molar-refractivity contribution in [3.05, 3.63) is 54.1 Å².